The van der Waals surface area contributed by atoms with E-state index in [1.165, 1.54) is 0 Å². The van der Waals surface area contributed by atoms with Gasteiger partial charge in [0, 0.05) is 16.6 Å². The summed E-state index contributed by atoms with van der Waals surface area (Å²) in [6, 6.07) is 27.3. The lowest BCUT2D eigenvalue weighted by atomic mass is 9.93. The van der Waals surface area contributed by atoms with Gasteiger partial charge in [0.2, 0.25) is 0 Å². The molecule has 28 heavy (non-hydrogen) atoms. The van der Waals surface area contributed by atoms with E-state index in [9.17, 15) is 9.90 Å². The number of hydrogen-bond acceptors (Lipinski definition) is 2. The fourth-order valence-electron chi connectivity index (χ4n) is 3.71. The second-order valence-corrected chi connectivity index (χ2v) is 7.74. The van der Waals surface area contributed by atoms with Crippen LogP contribution in [0, 0.1) is 0 Å². The minimum absolute atomic E-state index is 0.163. The molecule has 0 unspecified atom stereocenters. The molecule has 0 aliphatic carbocycles. The van der Waals surface area contributed by atoms with Crippen LogP contribution in [0.2, 0.25) is 0 Å². The third kappa shape index (κ3) is 3.60. The Morgan fingerprint density at radius 1 is 0.893 bits per heavy atom. The Hall–Kier alpha value is -2.85. The molecule has 0 bridgehead atoms. The van der Waals surface area contributed by atoms with Crippen LogP contribution in [-0.2, 0) is 11.2 Å². The van der Waals surface area contributed by atoms with Crippen molar-refractivity contribution in [3.63, 3.8) is 0 Å². The van der Waals surface area contributed by atoms with Gasteiger partial charge in [0.05, 0.1) is 6.04 Å². The van der Waals surface area contributed by atoms with Crippen molar-refractivity contribution < 1.29 is 9.90 Å². The number of aliphatic hydroxyl groups excluding tert-OH is 1. The van der Waals surface area contributed by atoms with Gasteiger partial charge in [0.1, 0.15) is 0 Å². The van der Waals surface area contributed by atoms with Crippen LogP contribution in [0.15, 0.2) is 95.2 Å². The minimum Gasteiger partial charge on any atom is -0.503 e. The number of carbonyl (C=O) groups is 1. The van der Waals surface area contributed by atoms with Crippen LogP contribution in [0.3, 0.4) is 0 Å². The SMILES string of the molecule is O=C1C(O)=C(c2ccccc2)[C@H](c2cccc(Br)c2)N1CCc1ccccc1. The molecule has 1 heterocycles. The molecule has 3 aromatic rings. The first-order valence-corrected chi connectivity index (χ1v) is 10.0. The number of nitrogens with zero attached hydrogens (tertiary/aromatic N) is 1. The van der Waals surface area contributed by atoms with Crippen LogP contribution in [0.25, 0.3) is 5.57 Å². The molecule has 0 saturated heterocycles. The topological polar surface area (TPSA) is 40.5 Å². The Bertz CT molecular complexity index is 1020. The van der Waals surface area contributed by atoms with E-state index in [0.717, 1.165) is 27.6 Å². The van der Waals surface area contributed by atoms with Crippen molar-refractivity contribution in [2.75, 3.05) is 6.54 Å². The van der Waals surface area contributed by atoms with Crippen molar-refractivity contribution in [1.82, 2.24) is 4.90 Å². The van der Waals surface area contributed by atoms with Gasteiger partial charge in [-0.2, -0.15) is 0 Å². The fraction of sp³-hybridized carbons (Fsp3) is 0.125. The van der Waals surface area contributed by atoms with Gasteiger partial charge >= 0.3 is 0 Å². The minimum atomic E-state index is -0.323. The maximum Gasteiger partial charge on any atom is 0.289 e. The Balaban J connectivity index is 1.74. The quantitative estimate of drug-likeness (QED) is 0.573. The summed E-state index contributed by atoms with van der Waals surface area (Å²) < 4.78 is 0.944. The van der Waals surface area contributed by atoms with Crippen LogP contribution < -0.4 is 0 Å². The van der Waals surface area contributed by atoms with Crippen molar-refractivity contribution in [3.8, 4) is 0 Å². The van der Waals surface area contributed by atoms with Crippen LogP contribution in [0.5, 0.6) is 0 Å². The molecule has 0 aromatic heterocycles. The van der Waals surface area contributed by atoms with Crippen LogP contribution in [0.4, 0.5) is 0 Å². The molecular weight excluding hydrogens is 414 g/mol. The summed E-state index contributed by atoms with van der Waals surface area (Å²) in [5.41, 5.74) is 3.66. The van der Waals surface area contributed by atoms with Crippen molar-refractivity contribution >= 4 is 27.4 Å². The summed E-state index contributed by atoms with van der Waals surface area (Å²) in [6.45, 7) is 0.528. The highest BCUT2D eigenvalue weighted by Gasteiger charge is 2.40. The van der Waals surface area contributed by atoms with E-state index >= 15 is 0 Å². The van der Waals surface area contributed by atoms with Gasteiger partial charge in [-0.05, 0) is 35.2 Å². The van der Waals surface area contributed by atoms with Gasteiger partial charge in [0.15, 0.2) is 5.76 Å². The van der Waals surface area contributed by atoms with E-state index in [-0.39, 0.29) is 17.7 Å². The van der Waals surface area contributed by atoms with Crippen molar-refractivity contribution in [1.29, 1.82) is 0 Å². The van der Waals surface area contributed by atoms with Crippen LogP contribution >= 0.6 is 15.9 Å². The predicted octanol–water partition coefficient (Wildman–Crippen LogP) is 5.54. The molecule has 140 valence electrons. The zero-order valence-corrected chi connectivity index (χ0v) is 16.8. The Morgan fingerprint density at radius 2 is 1.57 bits per heavy atom. The highest BCUT2D eigenvalue weighted by Crippen LogP contribution is 2.43. The average molecular weight is 434 g/mol. The Morgan fingerprint density at radius 3 is 2.25 bits per heavy atom. The molecule has 4 heteroatoms. The molecule has 0 spiro atoms. The summed E-state index contributed by atoms with van der Waals surface area (Å²) in [4.78, 5) is 14.8. The zero-order chi connectivity index (χ0) is 19.5. The summed E-state index contributed by atoms with van der Waals surface area (Å²) >= 11 is 3.53. The Kier molecular flexibility index (Phi) is 5.31. The number of carbonyl (C=O) groups excluding carboxylic acids is 1. The number of hydrogen-bond donors (Lipinski definition) is 1. The van der Waals surface area contributed by atoms with E-state index < -0.39 is 0 Å². The lowest BCUT2D eigenvalue weighted by Crippen LogP contribution is -2.32. The number of halogens is 1. The van der Waals surface area contributed by atoms with Crippen molar-refractivity contribution in [3.05, 3.63) is 112 Å². The highest BCUT2D eigenvalue weighted by atomic mass is 79.9. The fourth-order valence-corrected chi connectivity index (χ4v) is 4.13. The molecule has 4 rings (SSSR count). The van der Waals surface area contributed by atoms with Gasteiger partial charge < -0.3 is 10.0 Å². The molecule has 1 atom stereocenters. The summed E-state index contributed by atoms with van der Waals surface area (Å²) in [6.07, 6.45) is 0.729. The molecule has 1 N–H and O–H groups in total. The maximum absolute atomic E-state index is 13.0. The number of aliphatic hydroxyl groups is 1. The van der Waals surface area contributed by atoms with Gasteiger partial charge in [0.25, 0.3) is 5.91 Å². The second-order valence-electron chi connectivity index (χ2n) is 6.82. The van der Waals surface area contributed by atoms with Gasteiger partial charge in [-0.25, -0.2) is 0 Å². The van der Waals surface area contributed by atoms with Crippen LogP contribution in [0.1, 0.15) is 22.7 Å². The number of benzene rings is 3. The summed E-state index contributed by atoms with van der Waals surface area (Å²) in [5, 5.41) is 10.8. The van der Waals surface area contributed by atoms with Crippen LogP contribution in [-0.4, -0.2) is 22.5 Å². The first kappa shape index (κ1) is 18.5. The first-order valence-electron chi connectivity index (χ1n) is 9.24. The lowest BCUT2D eigenvalue weighted by molar-refractivity contribution is -0.129. The van der Waals surface area contributed by atoms with Crippen molar-refractivity contribution in [2.24, 2.45) is 0 Å². The third-order valence-electron chi connectivity index (χ3n) is 5.04. The van der Waals surface area contributed by atoms with Gasteiger partial charge in [-0.3, -0.25) is 4.79 Å². The molecule has 0 radical (unpaired) electrons. The average Bonchev–Trinajstić information content (AvgIpc) is 2.98. The molecule has 1 amide bonds. The van der Waals surface area contributed by atoms with Gasteiger partial charge in [-0.1, -0.05) is 88.7 Å². The van der Waals surface area contributed by atoms with E-state index in [1.807, 2.05) is 72.8 Å². The largest absolute Gasteiger partial charge is 0.503 e. The zero-order valence-electron chi connectivity index (χ0n) is 15.3. The predicted molar refractivity (Wildman–Crippen MR) is 115 cm³/mol. The van der Waals surface area contributed by atoms with Crippen molar-refractivity contribution in [2.45, 2.75) is 12.5 Å². The molecule has 0 fully saturated rings. The third-order valence-corrected chi connectivity index (χ3v) is 5.53. The number of amides is 1. The van der Waals surface area contributed by atoms with E-state index in [4.69, 9.17) is 0 Å². The van der Waals surface area contributed by atoms with E-state index in [1.54, 1.807) is 4.90 Å². The van der Waals surface area contributed by atoms with E-state index in [2.05, 4.69) is 28.1 Å². The highest BCUT2D eigenvalue weighted by molar-refractivity contribution is 9.10. The molecule has 1 aliphatic rings. The summed E-state index contributed by atoms with van der Waals surface area (Å²) in [5.74, 6) is -0.482. The monoisotopic (exact) mass is 433 g/mol. The van der Waals surface area contributed by atoms with Gasteiger partial charge in [-0.15, -0.1) is 0 Å². The number of rotatable bonds is 5. The maximum atomic E-state index is 13.0. The smallest absolute Gasteiger partial charge is 0.289 e. The Labute approximate surface area is 173 Å². The first-order chi connectivity index (χ1) is 13.6. The molecular formula is C24H20BrNO2. The normalized spacial score (nSPS) is 16.7. The summed E-state index contributed by atoms with van der Waals surface area (Å²) in [7, 11) is 0. The molecule has 3 nitrogen and oxygen atoms in total. The molecule has 3 aromatic carbocycles. The lowest BCUT2D eigenvalue weighted by Gasteiger charge is -2.27. The standard InChI is InChI=1S/C24H20BrNO2/c25-20-13-7-12-19(16-20)22-21(18-10-5-2-6-11-18)23(27)24(28)26(22)15-14-17-8-3-1-4-9-17/h1-13,16,22,27H,14-15H2/t22-/m0/s1. The van der Waals surface area contributed by atoms with E-state index in [0.29, 0.717) is 12.1 Å². The molecule has 1 aliphatic heterocycles. The molecule has 0 saturated carbocycles. The second kappa shape index (κ2) is 8.03.